The highest BCUT2D eigenvalue weighted by molar-refractivity contribution is 7.09. The number of benzene rings is 1. The van der Waals surface area contributed by atoms with Crippen LogP contribution in [0.2, 0.25) is 0 Å². The van der Waals surface area contributed by atoms with Crippen LogP contribution in [0.15, 0.2) is 34.6 Å². The van der Waals surface area contributed by atoms with Crippen LogP contribution < -0.4 is 15.5 Å². The summed E-state index contributed by atoms with van der Waals surface area (Å²) in [4.78, 5) is 11.7. The van der Waals surface area contributed by atoms with E-state index in [-0.39, 0.29) is 6.04 Å². The monoisotopic (exact) mass is 385 g/mol. The fraction of sp³-hybridized carbons (Fsp3) is 0.524. The van der Waals surface area contributed by atoms with Gasteiger partial charge in [0.15, 0.2) is 5.96 Å². The first kappa shape index (κ1) is 19.7. The quantitative estimate of drug-likeness (QED) is 0.560. The maximum atomic E-state index is 4.73. The molecule has 2 heterocycles. The molecule has 0 spiro atoms. The Bertz CT molecular complexity index is 749. The summed E-state index contributed by atoms with van der Waals surface area (Å²) < 4.78 is 0. The van der Waals surface area contributed by atoms with Gasteiger partial charge in [0.25, 0.3) is 0 Å². The van der Waals surface area contributed by atoms with Gasteiger partial charge in [-0.15, -0.1) is 11.3 Å². The van der Waals surface area contributed by atoms with Crippen molar-refractivity contribution in [3.8, 4) is 0 Å². The second-order valence-corrected chi connectivity index (χ2v) is 8.09. The van der Waals surface area contributed by atoms with Crippen molar-refractivity contribution in [3.63, 3.8) is 0 Å². The van der Waals surface area contributed by atoms with E-state index in [0.29, 0.717) is 0 Å². The molecular weight excluding hydrogens is 354 g/mol. The summed E-state index contributed by atoms with van der Waals surface area (Å²) in [6.45, 7) is 10.3. The standard InChI is InChI=1S/C21H31N5S/c1-4-22-21(23-11-10-19-15-27-17(3)25-19)24-16(2)18-8-7-9-20(14-18)26-12-5-6-13-26/h7-9,14-16H,4-6,10-13H2,1-3H3,(H2,22,23,24). The number of aryl methyl sites for hydroxylation is 1. The van der Waals surface area contributed by atoms with Gasteiger partial charge in [-0.05, 0) is 51.3 Å². The van der Waals surface area contributed by atoms with Gasteiger partial charge in [0.1, 0.15) is 0 Å². The van der Waals surface area contributed by atoms with Crippen LogP contribution in [0.4, 0.5) is 5.69 Å². The normalized spacial score (nSPS) is 15.8. The van der Waals surface area contributed by atoms with Crippen LogP contribution in [0.3, 0.4) is 0 Å². The maximum absolute atomic E-state index is 4.73. The van der Waals surface area contributed by atoms with Crippen LogP contribution in [-0.2, 0) is 6.42 Å². The number of aliphatic imine (C=N–C) groups is 1. The fourth-order valence-corrected chi connectivity index (χ4v) is 4.03. The van der Waals surface area contributed by atoms with Crippen LogP contribution in [0, 0.1) is 6.92 Å². The molecule has 1 fully saturated rings. The average Bonchev–Trinajstić information content (AvgIpc) is 3.34. The van der Waals surface area contributed by atoms with Crippen molar-refractivity contribution in [2.45, 2.75) is 46.1 Å². The zero-order valence-corrected chi connectivity index (χ0v) is 17.5. The molecule has 0 saturated carbocycles. The van der Waals surface area contributed by atoms with E-state index in [1.54, 1.807) is 11.3 Å². The third-order valence-corrected chi connectivity index (χ3v) is 5.67. The molecular formula is C21H31N5S. The highest BCUT2D eigenvalue weighted by Gasteiger charge is 2.14. The molecule has 6 heteroatoms. The molecule has 1 aliphatic heterocycles. The van der Waals surface area contributed by atoms with E-state index >= 15 is 0 Å². The largest absolute Gasteiger partial charge is 0.372 e. The minimum atomic E-state index is 0.201. The lowest BCUT2D eigenvalue weighted by molar-refractivity contribution is 0.685. The first-order valence-corrected chi connectivity index (χ1v) is 10.8. The number of nitrogens with zero attached hydrogens (tertiary/aromatic N) is 3. The third kappa shape index (κ3) is 5.70. The molecule has 2 N–H and O–H groups in total. The number of rotatable bonds is 7. The molecule has 27 heavy (non-hydrogen) atoms. The van der Waals surface area contributed by atoms with E-state index in [1.165, 1.54) is 37.2 Å². The Morgan fingerprint density at radius 2 is 2.15 bits per heavy atom. The highest BCUT2D eigenvalue weighted by Crippen LogP contribution is 2.23. The van der Waals surface area contributed by atoms with E-state index < -0.39 is 0 Å². The Morgan fingerprint density at radius 3 is 2.85 bits per heavy atom. The predicted octanol–water partition coefficient (Wildman–Crippen LogP) is 3.91. The molecule has 1 aliphatic rings. The lowest BCUT2D eigenvalue weighted by atomic mass is 10.1. The second-order valence-electron chi connectivity index (χ2n) is 7.02. The second kappa shape index (κ2) is 9.74. The predicted molar refractivity (Wildman–Crippen MR) is 116 cm³/mol. The molecule has 2 aromatic rings. The summed E-state index contributed by atoms with van der Waals surface area (Å²) in [5, 5.41) is 10.1. The number of thiazole rings is 1. The number of aromatic nitrogens is 1. The maximum Gasteiger partial charge on any atom is 0.191 e. The van der Waals surface area contributed by atoms with Crippen molar-refractivity contribution < 1.29 is 0 Å². The minimum Gasteiger partial charge on any atom is -0.372 e. The number of anilines is 1. The molecule has 1 saturated heterocycles. The molecule has 0 aliphatic carbocycles. The molecule has 1 aromatic heterocycles. The summed E-state index contributed by atoms with van der Waals surface area (Å²) in [5.74, 6) is 0.864. The molecule has 0 amide bonds. The van der Waals surface area contributed by atoms with Crippen molar-refractivity contribution in [2.24, 2.45) is 4.99 Å². The van der Waals surface area contributed by atoms with Gasteiger partial charge in [-0.2, -0.15) is 0 Å². The van der Waals surface area contributed by atoms with Crippen molar-refractivity contribution in [3.05, 3.63) is 45.9 Å². The number of hydrogen-bond donors (Lipinski definition) is 2. The van der Waals surface area contributed by atoms with Gasteiger partial charge in [0, 0.05) is 43.7 Å². The summed E-state index contributed by atoms with van der Waals surface area (Å²) in [6, 6.07) is 9.09. The van der Waals surface area contributed by atoms with E-state index in [0.717, 1.165) is 36.2 Å². The first-order valence-electron chi connectivity index (χ1n) is 9.96. The van der Waals surface area contributed by atoms with Crippen LogP contribution in [0.1, 0.15) is 49.0 Å². The first-order chi connectivity index (χ1) is 13.2. The average molecular weight is 386 g/mol. The smallest absolute Gasteiger partial charge is 0.191 e. The third-order valence-electron chi connectivity index (χ3n) is 4.84. The van der Waals surface area contributed by atoms with Crippen LogP contribution in [-0.4, -0.2) is 37.1 Å². The van der Waals surface area contributed by atoms with Crippen LogP contribution in [0.25, 0.3) is 0 Å². The molecule has 1 aromatic carbocycles. The van der Waals surface area contributed by atoms with Gasteiger partial charge in [0.05, 0.1) is 16.7 Å². The molecule has 0 bridgehead atoms. The fourth-order valence-electron chi connectivity index (χ4n) is 3.38. The lowest BCUT2D eigenvalue weighted by Crippen LogP contribution is -2.39. The van der Waals surface area contributed by atoms with Crippen LogP contribution in [0.5, 0.6) is 0 Å². The zero-order chi connectivity index (χ0) is 19.1. The number of nitrogens with one attached hydrogen (secondary N) is 2. The van der Waals surface area contributed by atoms with Gasteiger partial charge in [0.2, 0.25) is 0 Å². The van der Waals surface area contributed by atoms with Gasteiger partial charge < -0.3 is 15.5 Å². The molecule has 0 radical (unpaired) electrons. The molecule has 1 atom stereocenters. The summed E-state index contributed by atoms with van der Waals surface area (Å²) in [7, 11) is 0. The summed E-state index contributed by atoms with van der Waals surface area (Å²) in [5.41, 5.74) is 3.75. The van der Waals surface area contributed by atoms with E-state index in [9.17, 15) is 0 Å². The molecule has 146 valence electrons. The van der Waals surface area contributed by atoms with Crippen molar-refractivity contribution in [1.82, 2.24) is 15.6 Å². The van der Waals surface area contributed by atoms with Gasteiger partial charge in [-0.1, -0.05) is 12.1 Å². The molecule has 1 unspecified atom stereocenters. The summed E-state index contributed by atoms with van der Waals surface area (Å²) >= 11 is 1.70. The summed E-state index contributed by atoms with van der Waals surface area (Å²) in [6.07, 6.45) is 3.47. The van der Waals surface area contributed by atoms with Crippen molar-refractivity contribution >= 4 is 23.0 Å². The zero-order valence-electron chi connectivity index (χ0n) is 16.7. The topological polar surface area (TPSA) is 52.6 Å². The van der Waals surface area contributed by atoms with E-state index in [4.69, 9.17) is 4.99 Å². The Balaban J connectivity index is 1.61. The Labute approximate surface area is 166 Å². The van der Waals surface area contributed by atoms with Gasteiger partial charge >= 0.3 is 0 Å². The van der Waals surface area contributed by atoms with Crippen molar-refractivity contribution in [1.29, 1.82) is 0 Å². The van der Waals surface area contributed by atoms with Gasteiger partial charge in [-0.25, -0.2) is 4.98 Å². The number of guanidine groups is 1. The minimum absolute atomic E-state index is 0.201. The SMILES string of the molecule is CCNC(=NCCc1csc(C)n1)NC(C)c1cccc(N2CCCC2)c1. The highest BCUT2D eigenvalue weighted by atomic mass is 32.1. The van der Waals surface area contributed by atoms with Crippen LogP contribution >= 0.6 is 11.3 Å². The van der Waals surface area contributed by atoms with Crippen molar-refractivity contribution in [2.75, 3.05) is 31.1 Å². The number of hydrogen-bond acceptors (Lipinski definition) is 4. The van der Waals surface area contributed by atoms with E-state index in [2.05, 4.69) is 64.0 Å². The molecule has 3 rings (SSSR count). The molecule has 5 nitrogen and oxygen atoms in total. The Morgan fingerprint density at radius 1 is 1.33 bits per heavy atom. The lowest BCUT2D eigenvalue weighted by Gasteiger charge is -2.22. The Hall–Kier alpha value is -2.08. The van der Waals surface area contributed by atoms with Gasteiger partial charge in [-0.3, -0.25) is 4.99 Å². The Kier molecular flexibility index (Phi) is 7.10. The van der Waals surface area contributed by atoms with E-state index in [1.807, 2.05) is 6.92 Å².